The van der Waals surface area contributed by atoms with Crippen molar-refractivity contribution >= 4 is 17.9 Å². The molecule has 19 heavy (non-hydrogen) atoms. The smallest absolute Gasteiger partial charge is 0.270 e. The molecule has 0 aliphatic carbocycles. The Bertz CT molecular complexity index is 666. The van der Waals surface area contributed by atoms with Gasteiger partial charge in [0.1, 0.15) is 12.8 Å². The molecule has 5 heteroatoms. The van der Waals surface area contributed by atoms with E-state index in [-0.39, 0.29) is 17.9 Å². The number of ether oxygens (including phenoxy) is 1. The van der Waals surface area contributed by atoms with Crippen molar-refractivity contribution in [3.63, 3.8) is 0 Å². The fourth-order valence-electron chi connectivity index (χ4n) is 2.29. The van der Waals surface area contributed by atoms with E-state index in [1.165, 1.54) is 6.08 Å². The van der Waals surface area contributed by atoms with Gasteiger partial charge in [-0.1, -0.05) is 6.07 Å². The van der Waals surface area contributed by atoms with Crippen LogP contribution in [0.3, 0.4) is 0 Å². The Morgan fingerprint density at radius 3 is 3.00 bits per heavy atom. The summed E-state index contributed by atoms with van der Waals surface area (Å²) >= 11 is 0. The number of hydrogen-bond donors (Lipinski definition) is 0. The standard InChI is InChI=1S/C14H14N2O3/c1-9-14(18)16(8-19-9)5-4-10-2-3-12-11(6-10)7-13(17)15-12/h2-3,6-7,9H,4-5,8H2,1H3. The topological polar surface area (TPSA) is 59.0 Å². The Balaban J connectivity index is 1.71. The molecule has 2 aliphatic heterocycles. The van der Waals surface area contributed by atoms with Gasteiger partial charge in [0.05, 0.1) is 5.36 Å². The lowest BCUT2D eigenvalue weighted by molar-refractivity contribution is -0.129. The quantitative estimate of drug-likeness (QED) is 0.725. The highest BCUT2D eigenvalue weighted by Crippen LogP contribution is 2.10. The fourth-order valence-corrected chi connectivity index (χ4v) is 2.29. The van der Waals surface area contributed by atoms with E-state index in [0.29, 0.717) is 13.3 Å². The summed E-state index contributed by atoms with van der Waals surface area (Å²) in [5.41, 5.74) is 1.09. The molecule has 1 unspecified atom stereocenters. The van der Waals surface area contributed by atoms with Crippen LogP contribution >= 0.6 is 0 Å². The second-order valence-corrected chi connectivity index (χ2v) is 4.78. The van der Waals surface area contributed by atoms with Gasteiger partial charge in [-0.2, -0.15) is 0 Å². The lowest BCUT2D eigenvalue weighted by Crippen LogP contribution is -2.30. The zero-order chi connectivity index (χ0) is 13.4. The van der Waals surface area contributed by atoms with Crippen molar-refractivity contribution < 1.29 is 14.3 Å². The van der Waals surface area contributed by atoms with Gasteiger partial charge in [-0.15, -0.1) is 0 Å². The summed E-state index contributed by atoms with van der Waals surface area (Å²) in [6, 6.07) is 5.74. The zero-order valence-corrected chi connectivity index (χ0v) is 10.6. The first-order valence-corrected chi connectivity index (χ1v) is 6.27. The lowest BCUT2D eigenvalue weighted by Gasteiger charge is -2.13. The van der Waals surface area contributed by atoms with Gasteiger partial charge in [0.15, 0.2) is 0 Å². The predicted molar refractivity (Wildman–Crippen MR) is 67.5 cm³/mol. The minimum absolute atomic E-state index is 0.0397. The molecule has 98 valence electrons. The number of fused-ring (bicyclic) bond motifs is 1. The third-order valence-corrected chi connectivity index (χ3v) is 3.41. The van der Waals surface area contributed by atoms with Gasteiger partial charge in [0.2, 0.25) is 0 Å². The molecule has 2 aliphatic rings. The van der Waals surface area contributed by atoms with Crippen LogP contribution in [-0.4, -0.2) is 36.1 Å². The first-order valence-electron chi connectivity index (χ1n) is 6.27. The van der Waals surface area contributed by atoms with Crippen molar-refractivity contribution in [2.24, 2.45) is 4.99 Å². The van der Waals surface area contributed by atoms with Crippen LogP contribution in [0.2, 0.25) is 0 Å². The van der Waals surface area contributed by atoms with E-state index < -0.39 is 0 Å². The second kappa shape index (κ2) is 4.59. The second-order valence-electron chi connectivity index (χ2n) is 4.78. The third-order valence-electron chi connectivity index (χ3n) is 3.41. The van der Waals surface area contributed by atoms with Crippen molar-refractivity contribution in [1.82, 2.24) is 4.90 Å². The monoisotopic (exact) mass is 258 g/mol. The van der Waals surface area contributed by atoms with E-state index in [4.69, 9.17) is 4.74 Å². The van der Waals surface area contributed by atoms with E-state index in [2.05, 4.69) is 4.99 Å². The number of nitrogens with zero attached hydrogens (tertiary/aromatic N) is 2. The predicted octanol–water partition coefficient (Wildman–Crippen LogP) is -0.626. The SMILES string of the molecule is CC1OCN(CCc2ccc3c(c2)=CC(=O)N=3)C1=O. The van der Waals surface area contributed by atoms with E-state index in [1.54, 1.807) is 11.8 Å². The van der Waals surface area contributed by atoms with Crippen LogP contribution in [0.4, 0.5) is 0 Å². The number of hydrogen-bond acceptors (Lipinski definition) is 3. The largest absolute Gasteiger partial charge is 0.348 e. The summed E-state index contributed by atoms with van der Waals surface area (Å²) in [4.78, 5) is 28.4. The molecular formula is C14H14N2O3. The maximum Gasteiger partial charge on any atom is 0.270 e. The van der Waals surface area contributed by atoms with Crippen molar-refractivity contribution in [2.45, 2.75) is 19.4 Å². The molecule has 2 amide bonds. The molecule has 0 N–H and O–H groups in total. The van der Waals surface area contributed by atoms with Crippen LogP contribution in [0.15, 0.2) is 23.2 Å². The summed E-state index contributed by atoms with van der Waals surface area (Å²) < 4.78 is 5.26. The van der Waals surface area contributed by atoms with Crippen molar-refractivity contribution in [3.05, 3.63) is 34.3 Å². The number of carbonyl (C=O) groups excluding carboxylic acids is 2. The fraction of sp³-hybridized carbons (Fsp3) is 0.357. The minimum Gasteiger partial charge on any atom is -0.348 e. The molecule has 0 spiro atoms. The molecule has 1 atom stereocenters. The average Bonchev–Trinajstić information content (AvgIpc) is 2.90. The van der Waals surface area contributed by atoms with Crippen LogP contribution in [0, 0.1) is 0 Å². The highest BCUT2D eigenvalue weighted by molar-refractivity contribution is 6.06. The lowest BCUT2D eigenvalue weighted by atomic mass is 10.1. The molecule has 1 aromatic rings. The van der Waals surface area contributed by atoms with Crippen LogP contribution in [0.1, 0.15) is 12.5 Å². The van der Waals surface area contributed by atoms with Crippen LogP contribution in [0.5, 0.6) is 0 Å². The summed E-state index contributed by atoms with van der Waals surface area (Å²) in [7, 11) is 0. The Hall–Kier alpha value is -2.01. The molecule has 5 nitrogen and oxygen atoms in total. The van der Waals surface area contributed by atoms with E-state index in [9.17, 15) is 9.59 Å². The van der Waals surface area contributed by atoms with Gasteiger partial charge >= 0.3 is 0 Å². The van der Waals surface area contributed by atoms with Gasteiger partial charge in [0, 0.05) is 17.8 Å². The summed E-state index contributed by atoms with van der Waals surface area (Å²) in [6.07, 6.45) is 1.95. The van der Waals surface area contributed by atoms with Gasteiger partial charge in [-0.05, 0) is 31.0 Å². The Morgan fingerprint density at radius 1 is 1.42 bits per heavy atom. The highest BCUT2D eigenvalue weighted by Gasteiger charge is 2.28. The van der Waals surface area contributed by atoms with Crippen molar-refractivity contribution in [2.75, 3.05) is 13.3 Å². The minimum atomic E-state index is -0.329. The molecule has 1 aromatic carbocycles. The Kier molecular flexibility index (Phi) is 2.91. The van der Waals surface area contributed by atoms with Crippen LogP contribution in [0.25, 0.3) is 6.08 Å². The van der Waals surface area contributed by atoms with Crippen molar-refractivity contribution in [1.29, 1.82) is 0 Å². The van der Waals surface area contributed by atoms with Gasteiger partial charge < -0.3 is 9.64 Å². The first-order chi connectivity index (χ1) is 9.13. The normalized spacial score (nSPS) is 21.3. The van der Waals surface area contributed by atoms with Gasteiger partial charge in [-0.25, -0.2) is 4.99 Å². The van der Waals surface area contributed by atoms with Crippen LogP contribution < -0.4 is 10.6 Å². The Morgan fingerprint density at radius 2 is 2.26 bits per heavy atom. The maximum atomic E-state index is 11.7. The van der Waals surface area contributed by atoms with Gasteiger partial charge in [0.25, 0.3) is 11.8 Å². The molecule has 0 aromatic heterocycles. The number of benzene rings is 1. The molecule has 1 saturated heterocycles. The van der Waals surface area contributed by atoms with E-state index >= 15 is 0 Å². The Labute approximate surface area is 110 Å². The average molecular weight is 258 g/mol. The third kappa shape index (κ3) is 2.29. The number of rotatable bonds is 3. The van der Waals surface area contributed by atoms with Gasteiger partial charge in [-0.3, -0.25) is 9.59 Å². The number of carbonyl (C=O) groups is 2. The summed E-state index contributed by atoms with van der Waals surface area (Å²) in [6.45, 7) is 2.76. The summed E-state index contributed by atoms with van der Waals surface area (Å²) in [5, 5.41) is 1.59. The molecule has 0 saturated carbocycles. The van der Waals surface area contributed by atoms with Crippen molar-refractivity contribution in [3.8, 4) is 0 Å². The first kappa shape index (κ1) is 12.0. The maximum absolute atomic E-state index is 11.7. The molecule has 0 bridgehead atoms. The highest BCUT2D eigenvalue weighted by atomic mass is 16.5. The van der Waals surface area contributed by atoms with E-state index in [0.717, 1.165) is 22.6 Å². The molecule has 0 radical (unpaired) electrons. The van der Waals surface area contributed by atoms with E-state index in [1.807, 2.05) is 18.2 Å². The summed E-state index contributed by atoms with van der Waals surface area (Å²) in [5.74, 6) is -0.165. The molecule has 3 rings (SSSR count). The van der Waals surface area contributed by atoms with Crippen LogP contribution in [-0.2, 0) is 20.7 Å². The zero-order valence-electron chi connectivity index (χ0n) is 10.6. The molecule has 1 fully saturated rings. The molecule has 2 heterocycles. The molecular weight excluding hydrogens is 244 g/mol. The number of amides is 2.